The summed E-state index contributed by atoms with van der Waals surface area (Å²) in [7, 11) is 0. The highest BCUT2D eigenvalue weighted by Gasteiger charge is 2.07. The maximum Gasteiger partial charge on any atom is 0.302 e. The summed E-state index contributed by atoms with van der Waals surface area (Å²) in [6, 6.07) is 4.14. The average Bonchev–Trinajstić information content (AvgIpc) is 2.48. The van der Waals surface area contributed by atoms with Crippen LogP contribution in [-0.4, -0.2) is 12.6 Å². The molecular weight excluding hydrogens is 264 g/mol. The lowest BCUT2D eigenvalue weighted by Gasteiger charge is -2.09. The molecule has 0 unspecified atom stereocenters. The van der Waals surface area contributed by atoms with E-state index in [9.17, 15) is 4.79 Å². The van der Waals surface area contributed by atoms with Crippen LogP contribution in [0.25, 0.3) is 0 Å². The van der Waals surface area contributed by atoms with Gasteiger partial charge in [-0.3, -0.25) is 4.79 Å². The monoisotopic (exact) mass is 276 g/mol. The normalized spacial score (nSPS) is 12.5. The molecule has 0 radical (unpaired) electrons. The van der Waals surface area contributed by atoms with E-state index in [1.165, 1.54) is 11.8 Å². The van der Waals surface area contributed by atoms with Gasteiger partial charge < -0.3 is 4.74 Å². The molecule has 1 aromatic heterocycles. The molecule has 0 saturated carbocycles. The molecule has 0 aromatic carbocycles. The molecule has 1 aromatic rings. The number of rotatable bonds is 4. The maximum absolute atomic E-state index is 10.6. The highest BCUT2D eigenvalue weighted by atomic mass is 79.9. The van der Waals surface area contributed by atoms with Crippen molar-refractivity contribution in [2.24, 2.45) is 5.92 Å². The van der Waals surface area contributed by atoms with Crippen LogP contribution in [0.1, 0.15) is 18.7 Å². The Bertz CT molecular complexity index is 309. The minimum Gasteiger partial charge on any atom is -0.466 e. The SMILES string of the molecule is CC(=O)OC[C@@H](C)Cc1ccc(Br)s1. The van der Waals surface area contributed by atoms with Crippen molar-refractivity contribution in [1.29, 1.82) is 0 Å². The second-order valence-electron chi connectivity index (χ2n) is 3.32. The van der Waals surface area contributed by atoms with Gasteiger partial charge in [0.15, 0.2) is 0 Å². The van der Waals surface area contributed by atoms with Crippen molar-refractivity contribution in [1.82, 2.24) is 0 Å². The van der Waals surface area contributed by atoms with E-state index in [-0.39, 0.29) is 5.97 Å². The van der Waals surface area contributed by atoms with Crippen molar-refractivity contribution in [3.05, 3.63) is 20.8 Å². The molecular formula is C10H13BrO2S. The summed E-state index contributed by atoms with van der Waals surface area (Å²) in [6.07, 6.45) is 0.962. The molecule has 0 fully saturated rings. The van der Waals surface area contributed by atoms with Gasteiger partial charge in [-0.05, 0) is 40.4 Å². The third-order valence-electron chi connectivity index (χ3n) is 1.75. The van der Waals surface area contributed by atoms with Gasteiger partial charge >= 0.3 is 5.97 Å². The fraction of sp³-hybridized carbons (Fsp3) is 0.500. The predicted molar refractivity (Wildman–Crippen MR) is 61.5 cm³/mol. The van der Waals surface area contributed by atoms with Crippen LogP contribution in [0.3, 0.4) is 0 Å². The van der Waals surface area contributed by atoms with E-state index in [4.69, 9.17) is 4.74 Å². The van der Waals surface area contributed by atoms with Crippen molar-refractivity contribution in [3.8, 4) is 0 Å². The Morgan fingerprint density at radius 3 is 2.86 bits per heavy atom. The minimum atomic E-state index is -0.204. The summed E-state index contributed by atoms with van der Waals surface area (Å²) in [5, 5.41) is 0. The molecule has 2 nitrogen and oxygen atoms in total. The van der Waals surface area contributed by atoms with Gasteiger partial charge in [-0.15, -0.1) is 11.3 Å². The number of carbonyl (C=O) groups excluding carboxylic acids is 1. The van der Waals surface area contributed by atoms with E-state index in [1.807, 2.05) is 6.07 Å². The first-order valence-electron chi connectivity index (χ1n) is 4.45. The number of halogens is 1. The van der Waals surface area contributed by atoms with Crippen LogP contribution in [0.15, 0.2) is 15.9 Å². The highest BCUT2D eigenvalue weighted by Crippen LogP contribution is 2.24. The van der Waals surface area contributed by atoms with Crippen LogP contribution in [0, 0.1) is 5.92 Å². The molecule has 0 amide bonds. The third kappa shape index (κ3) is 4.24. The van der Waals surface area contributed by atoms with E-state index in [2.05, 4.69) is 28.9 Å². The van der Waals surface area contributed by atoms with Gasteiger partial charge in [0.1, 0.15) is 0 Å². The molecule has 1 atom stereocenters. The van der Waals surface area contributed by atoms with Crippen LogP contribution >= 0.6 is 27.3 Å². The van der Waals surface area contributed by atoms with E-state index >= 15 is 0 Å². The Morgan fingerprint density at radius 1 is 1.64 bits per heavy atom. The van der Waals surface area contributed by atoms with Gasteiger partial charge in [0, 0.05) is 11.8 Å². The average molecular weight is 277 g/mol. The summed E-state index contributed by atoms with van der Waals surface area (Å²) in [6.45, 7) is 4.02. The van der Waals surface area contributed by atoms with Crippen molar-refractivity contribution in [3.63, 3.8) is 0 Å². The Labute approximate surface area is 96.4 Å². The maximum atomic E-state index is 10.6. The smallest absolute Gasteiger partial charge is 0.302 e. The van der Waals surface area contributed by atoms with Gasteiger partial charge in [0.05, 0.1) is 10.4 Å². The zero-order valence-electron chi connectivity index (χ0n) is 8.25. The first-order chi connectivity index (χ1) is 6.58. The topological polar surface area (TPSA) is 26.3 Å². The highest BCUT2D eigenvalue weighted by molar-refractivity contribution is 9.11. The van der Waals surface area contributed by atoms with Gasteiger partial charge in [0.25, 0.3) is 0 Å². The molecule has 4 heteroatoms. The van der Waals surface area contributed by atoms with Crippen LogP contribution in [0.5, 0.6) is 0 Å². The summed E-state index contributed by atoms with van der Waals surface area (Å²) >= 11 is 5.14. The number of carbonyl (C=O) groups is 1. The van der Waals surface area contributed by atoms with E-state index < -0.39 is 0 Å². The van der Waals surface area contributed by atoms with E-state index in [0.29, 0.717) is 12.5 Å². The zero-order chi connectivity index (χ0) is 10.6. The van der Waals surface area contributed by atoms with Crippen LogP contribution in [0.4, 0.5) is 0 Å². The number of hydrogen-bond donors (Lipinski definition) is 0. The largest absolute Gasteiger partial charge is 0.466 e. The lowest BCUT2D eigenvalue weighted by Crippen LogP contribution is -2.10. The molecule has 0 bridgehead atoms. The summed E-state index contributed by atoms with van der Waals surface area (Å²) in [5.41, 5.74) is 0. The molecule has 0 aliphatic rings. The van der Waals surface area contributed by atoms with Crippen LogP contribution in [0.2, 0.25) is 0 Å². The lowest BCUT2D eigenvalue weighted by atomic mass is 10.1. The molecule has 0 aliphatic heterocycles. The van der Waals surface area contributed by atoms with Crippen molar-refractivity contribution < 1.29 is 9.53 Å². The number of ether oxygens (including phenoxy) is 1. The van der Waals surface area contributed by atoms with Gasteiger partial charge in [0.2, 0.25) is 0 Å². The molecule has 0 saturated heterocycles. The summed E-state index contributed by atoms with van der Waals surface area (Å²) in [5.74, 6) is 0.175. The predicted octanol–water partition coefficient (Wildman–Crippen LogP) is 3.25. The Balaban J connectivity index is 2.33. The summed E-state index contributed by atoms with van der Waals surface area (Å²) in [4.78, 5) is 11.9. The van der Waals surface area contributed by atoms with Gasteiger partial charge in [-0.1, -0.05) is 6.92 Å². The lowest BCUT2D eigenvalue weighted by molar-refractivity contribution is -0.142. The fourth-order valence-corrected chi connectivity index (χ4v) is 2.77. The number of esters is 1. The minimum absolute atomic E-state index is 0.204. The molecule has 0 N–H and O–H groups in total. The van der Waals surface area contributed by atoms with Gasteiger partial charge in [-0.2, -0.15) is 0 Å². The summed E-state index contributed by atoms with van der Waals surface area (Å²) < 4.78 is 6.08. The first-order valence-corrected chi connectivity index (χ1v) is 6.06. The number of hydrogen-bond acceptors (Lipinski definition) is 3. The molecule has 1 rings (SSSR count). The van der Waals surface area contributed by atoms with Crippen molar-refractivity contribution in [2.45, 2.75) is 20.3 Å². The second-order valence-corrected chi connectivity index (χ2v) is 5.87. The number of thiophene rings is 1. The van der Waals surface area contributed by atoms with Crippen molar-refractivity contribution in [2.75, 3.05) is 6.61 Å². The molecule has 0 aliphatic carbocycles. The molecule has 1 heterocycles. The fourth-order valence-electron chi connectivity index (χ4n) is 1.12. The molecule has 78 valence electrons. The molecule has 0 spiro atoms. The zero-order valence-corrected chi connectivity index (χ0v) is 10.7. The van der Waals surface area contributed by atoms with E-state index in [1.54, 1.807) is 11.3 Å². The standard InChI is InChI=1S/C10H13BrO2S/c1-7(6-13-8(2)12)5-9-3-4-10(11)14-9/h3-4,7H,5-6H2,1-2H3/t7-/m0/s1. The van der Waals surface area contributed by atoms with E-state index in [0.717, 1.165) is 10.2 Å². The van der Waals surface area contributed by atoms with Crippen LogP contribution < -0.4 is 0 Å². The Hall–Kier alpha value is -0.350. The Kier molecular flexibility index (Phi) is 4.62. The molecule has 14 heavy (non-hydrogen) atoms. The first kappa shape index (κ1) is 11.7. The van der Waals surface area contributed by atoms with Gasteiger partial charge in [-0.25, -0.2) is 0 Å². The Morgan fingerprint density at radius 2 is 2.36 bits per heavy atom. The second kappa shape index (κ2) is 5.51. The van der Waals surface area contributed by atoms with Crippen molar-refractivity contribution >= 4 is 33.2 Å². The quantitative estimate of drug-likeness (QED) is 0.790. The third-order valence-corrected chi connectivity index (χ3v) is 3.40. The van der Waals surface area contributed by atoms with Crippen LogP contribution in [-0.2, 0) is 16.0 Å².